The summed E-state index contributed by atoms with van der Waals surface area (Å²) in [6.07, 6.45) is 0. The SMILES string of the molecule is c1ccc(-c2cc(-c3ccccc3)cc(-c3ccc4c5c(-c6ccccc6)c6cc7c8ccccc8c8cccc(c6c(-c6ccccc6)c5c5cc6ccccc6c3c45)c87)c2)cc1. The van der Waals surface area contributed by atoms with Gasteiger partial charge in [-0.05, 0) is 172 Å². The molecule has 0 unspecified atom stereocenters. The Morgan fingerprint density at radius 2 is 0.656 bits per heavy atom. The molecular formula is C64H38. The average Bonchev–Trinajstić information content (AvgIpc) is 3.87. The van der Waals surface area contributed by atoms with Crippen molar-refractivity contribution in [2.24, 2.45) is 0 Å². The first-order chi connectivity index (χ1) is 31.8. The summed E-state index contributed by atoms with van der Waals surface area (Å²) < 4.78 is 0. The lowest BCUT2D eigenvalue weighted by Crippen LogP contribution is -1.91. The first kappa shape index (κ1) is 35.3. The lowest BCUT2D eigenvalue weighted by molar-refractivity contribution is 1.58. The van der Waals surface area contributed by atoms with Gasteiger partial charge in [-0.25, -0.2) is 0 Å². The Balaban J connectivity index is 1.22. The van der Waals surface area contributed by atoms with Crippen LogP contribution in [-0.2, 0) is 0 Å². The monoisotopic (exact) mass is 806 g/mol. The Morgan fingerprint density at radius 3 is 1.31 bits per heavy atom. The maximum atomic E-state index is 2.54. The summed E-state index contributed by atoms with van der Waals surface area (Å²) in [5.41, 5.74) is 12.4. The molecule has 0 heteroatoms. The van der Waals surface area contributed by atoms with Gasteiger partial charge in [-0.1, -0.05) is 200 Å². The van der Waals surface area contributed by atoms with Crippen molar-refractivity contribution in [2.75, 3.05) is 0 Å². The molecule has 0 fully saturated rings. The summed E-state index contributed by atoms with van der Waals surface area (Å²) in [7, 11) is 0. The molecule has 0 aromatic heterocycles. The number of rotatable bonds is 5. The molecule has 14 aromatic rings. The van der Waals surface area contributed by atoms with E-state index in [9.17, 15) is 0 Å². The largest absolute Gasteiger partial charge is 0.0622 e. The van der Waals surface area contributed by atoms with Crippen LogP contribution in [0.5, 0.6) is 0 Å². The first-order valence-corrected chi connectivity index (χ1v) is 22.3. The zero-order chi connectivity index (χ0) is 41.9. The van der Waals surface area contributed by atoms with Crippen LogP contribution < -0.4 is 0 Å². The van der Waals surface area contributed by atoms with Gasteiger partial charge in [0, 0.05) is 0 Å². The molecule has 0 radical (unpaired) electrons. The highest BCUT2D eigenvalue weighted by Gasteiger charge is 2.28. The van der Waals surface area contributed by atoms with Crippen LogP contribution in [0, 0.1) is 0 Å². The molecule has 0 saturated carbocycles. The van der Waals surface area contributed by atoms with Crippen molar-refractivity contribution in [3.8, 4) is 55.6 Å². The van der Waals surface area contributed by atoms with E-state index >= 15 is 0 Å². The Labute approximate surface area is 370 Å². The van der Waals surface area contributed by atoms with Gasteiger partial charge in [-0.15, -0.1) is 0 Å². The highest BCUT2D eigenvalue weighted by Crippen LogP contribution is 2.56. The predicted octanol–water partition coefficient (Wildman–Crippen LogP) is 18.1. The van der Waals surface area contributed by atoms with Gasteiger partial charge < -0.3 is 0 Å². The van der Waals surface area contributed by atoms with Gasteiger partial charge in [0.05, 0.1) is 0 Å². The smallest absolute Gasteiger partial charge is 0.000697 e. The van der Waals surface area contributed by atoms with Crippen LogP contribution in [-0.4, -0.2) is 0 Å². The second-order valence-corrected chi connectivity index (χ2v) is 17.4. The van der Waals surface area contributed by atoms with Gasteiger partial charge in [0.25, 0.3) is 0 Å². The van der Waals surface area contributed by atoms with Crippen LogP contribution in [0.15, 0.2) is 231 Å². The molecule has 0 aliphatic rings. The summed E-state index contributed by atoms with van der Waals surface area (Å²) in [6.45, 7) is 0. The number of hydrogen-bond donors (Lipinski definition) is 0. The first-order valence-electron chi connectivity index (χ1n) is 22.3. The van der Waals surface area contributed by atoms with E-state index < -0.39 is 0 Å². The molecule has 14 rings (SSSR count). The molecule has 0 N–H and O–H groups in total. The fraction of sp³-hybridized carbons (Fsp3) is 0. The van der Waals surface area contributed by atoms with E-state index in [1.807, 2.05) is 0 Å². The molecule has 0 amide bonds. The Kier molecular flexibility index (Phi) is 7.49. The molecule has 294 valence electrons. The van der Waals surface area contributed by atoms with Gasteiger partial charge in [0.1, 0.15) is 0 Å². The molecule has 14 aromatic carbocycles. The van der Waals surface area contributed by atoms with Crippen molar-refractivity contribution < 1.29 is 0 Å². The number of hydrogen-bond acceptors (Lipinski definition) is 0. The quantitative estimate of drug-likeness (QED) is 0.152. The van der Waals surface area contributed by atoms with Gasteiger partial charge in [-0.3, -0.25) is 0 Å². The minimum atomic E-state index is 1.21. The maximum absolute atomic E-state index is 2.54. The Hall–Kier alpha value is -8.32. The fourth-order valence-corrected chi connectivity index (χ4v) is 11.5. The molecule has 0 aliphatic carbocycles. The molecule has 0 nitrogen and oxygen atoms in total. The van der Waals surface area contributed by atoms with E-state index in [0.29, 0.717) is 0 Å². The second-order valence-electron chi connectivity index (χ2n) is 17.4. The minimum Gasteiger partial charge on any atom is -0.0622 e. The Bertz CT molecular complexity index is 4070. The zero-order valence-corrected chi connectivity index (χ0v) is 34.9. The van der Waals surface area contributed by atoms with E-state index in [4.69, 9.17) is 0 Å². The Morgan fingerprint density at radius 1 is 0.172 bits per heavy atom. The van der Waals surface area contributed by atoms with Crippen LogP contribution >= 0.6 is 0 Å². The third kappa shape index (κ3) is 5.00. The van der Waals surface area contributed by atoms with Crippen molar-refractivity contribution in [3.05, 3.63) is 231 Å². The van der Waals surface area contributed by atoms with Crippen LogP contribution in [0.1, 0.15) is 0 Å². The van der Waals surface area contributed by atoms with Crippen molar-refractivity contribution in [1.29, 1.82) is 0 Å². The van der Waals surface area contributed by atoms with E-state index in [-0.39, 0.29) is 0 Å². The molecule has 0 heterocycles. The summed E-state index contributed by atoms with van der Waals surface area (Å²) in [4.78, 5) is 0. The molecule has 0 aliphatic heterocycles. The molecule has 0 bridgehead atoms. The highest BCUT2D eigenvalue weighted by atomic mass is 14.3. The second kappa shape index (κ2) is 13.6. The lowest BCUT2D eigenvalue weighted by atomic mass is 9.84. The molecular weight excluding hydrogens is 769 g/mol. The summed E-state index contributed by atoms with van der Waals surface area (Å²) in [5.74, 6) is 0. The van der Waals surface area contributed by atoms with E-state index in [0.717, 1.165) is 0 Å². The third-order valence-corrected chi connectivity index (χ3v) is 14.1. The van der Waals surface area contributed by atoms with Crippen LogP contribution in [0.25, 0.3) is 142 Å². The van der Waals surface area contributed by atoms with Crippen LogP contribution in [0.4, 0.5) is 0 Å². The van der Waals surface area contributed by atoms with E-state index in [2.05, 4.69) is 231 Å². The maximum Gasteiger partial charge on any atom is -0.000697 e. The van der Waals surface area contributed by atoms with Crippen molar-refractivity contribution >= 4 is 86.2 Å². The summed E-state index contributed by atoms with van der Waals surface area (Å²) >= 11 is 0. The van der Waals surface area contributed by atoms with Crippen molar-refractivity contribution in [1.82, 2.24) is 0 Å². The van der Waals surface area contributed by atoms with Crippen molar-refractivity contribution in [3.63, 3.8) is 0 Å². The van der Waals surface area contributed by atoms with Crippen LogP contribution in [0.2, 0.25) is 0 Å². The molecule has 0 saturated heterocycles. The number of fused-ring (bicyclic) bond motifs is 10. The van der Waals surface area contributed by atoms with Crippen molar-refractivity contribution in [2.45, 2.75) is 0 Å². The van der Waals surface area contributed by atoms with Crippen LogP contribution in [0.3, 0.4) is 0 Å². The zero-order valence-electron chi connectivity index (χ0n) is 34.9. The standard InChI is InChI=1S/C64H38/c1-5-18-39(19-6-1)44-34-45(40-20-7-2-8-21-40)36-46(35-44)48-32-33-53-62-55(37-43-26-13-14-27-47(43)60(48)62)64-58(42-24-11-4-12-25-42)61-52-31-17-30-51-49-28-15-16-29-50(49)54(59(51)52)38-56(61)57(63(53)64)41-22-9-3-10-23-41/h1-38H. The third-order valence-electron chi connectivity index (χ3n) is 14.1. The fourth-order valence-electron chi connectivity index (χ4n) is 11.5. The highest BCUT2D eigenvalue weighted by molar-refractivity contribution is 6.46. The van der Waals surface area contributed by atoms with Gasteiger partial charge in [0.15, 0.2) is 0 Å². The molecule has 0 spiro atoms. The van der Waals surface area contributed by atoms with Gasteiger partial charge in [-0.2, -0.15) is 0 Å². The van der Waals surface area contributed by atoms with Gasteiger partial charge >= 0.3 is 0 Å². The van der Waals surface area contributed by atoms with Gasteiger partial charge in [0.2, 0.25) is 0 Å². The normalized spacial score (nSPS) is 12.1. The summed E-state index contributed by atoms with van der Waals surface area (Å²) in [5, 5.41) is 20.9. The lowest BCUT2D eigenvalue weighted by Gasteiger charge is -2.19. The van der Waals surface area contributed by atoms with E-state index in [1.165, 1.54) is 142 Å². The predicted molar refractivity (Wildman–Crippen MR) is 276 cm³/mol. The van der Waals surface area contributed by atoms with E-state index in [1.54, 1.807) is 0 Å². The molecule has 64 heavy (non-hydrogen) atoms. The number of benzene rings is 12. The average molecular weight is 807 g/mol. The summed E-state index contributed by atoms with van der Waals surface area (Å²) in [6, 6.07) is 86.1. The molecule has 0 atom stereocenters. The minimum absolute atomic E-state index is 1.21. The topological polar surface area (TPSA) is 0 Å².